The highest BCUT2D eigenvalue weighted by molar-refractivity contribution is 5.93. The van der Waals surface area contributed by atoms with Crippen LogP contribution < -0.4 is 10.9 Å². The molecule has 0 saturated heterocycles. The topological polar surface area (TPSA) is 67.4 Å². The Morgan fingerprint density at radius 1 is 1.00 bits per heavy atom. The molecule has 2 aromatic carbocycles. The molecular formula is C21H26N2O3. The lowest BCUT2D eigenvalue weighted by molar-refractivity contribution is -0.152. The maximum absolute atomic E-state index is 12.3. The number of ether oxygens (including phenoxy) is 1. The van der Waals surface area contributed by atoms with Crippen LogP contribution in [0.25, 0.3) is 0 Å². The molecule has 0 fully saturated rings. The lowest BCUT2D eigenvalue weighted by atomic mass is 9.81. The van der Waals surface area contributed by atoms with Crippen LogP contribution in [0, 0.1) is 5.41 Å². The zero-order chi connectivity index (χ0) is 19.0. The van der Waals surface area contributed by atoms with Crippen molar-refractivity contribution in [2.75, 3.05) is 7.11 Å². The van der Waals surface area contributed by atoms with Gasteiger partial charge < -0.3 is 4.74 Å². The molecule has 0 aromatic heterocycles. The average molecular weight is 354 g/mol. The van der Waals surface area contributed by atoms with Gasteiger partial charge in [-0.2, -0.15) is 0 Å². The molecule has 2 rings (SSSR count). The lowest BCUT2D eigenvalue weighted by Gasteiger charge is -2.32. The fraction of sp³-hybridized carbons (Fsp3) is 0.333. The molecule has 0 heterocycles. The molecule has 0 saturated carbocycles. The van der Waals surface area contributed by atoms with Crippen LogP contribution in [-0.2, 0) is 16.0 Å². The maximum atomic E-state index is 12.3. The largest absolute Gasteiger partial charge is 0.469 e. The molecule has 2 N–H and O–H groups in total. The van der Waals surface area contributed by atoms with Gasteiger partial charge in [-0.1, -0.05) is 48.5 Å². The molecule has 138 valence electrons. The number of rotatable bonds is 8. The van der Waals surface area contributed by atoms with E-state index in [9.17, 15) is 9.59 Å². The van der Waals surface area contributed by atoms with Gasteiger partial charge in [-0.15, -0.1) is 0 Å². The summed E-state index contributed by atoms with van der Waals surface area (Å²) in [6.45, 7) is 3.63. The number of aryl methyl sites for hydroxylation is 1. The zero-order valence-corrected chi connectivity index (χ0v) is 15.5. The molecule has 2 aromatic rings. The van der Waals surface area contributed by atoms with Crippen molar-refractivity contribution in [3.8, 4) is 0 Å². The fourth-order valence-electron chi connectivity index (χ4n) is 2.79. The van der Waals surface area contributed by atoms with Crippen molar-refractivity contribution in [2.45, 2.75) is 32.7 Å². The number of methoxy groups -OCH3 is 1. The second kappa shape index (κ2) is 9.15. The molecule has 0 bridgehead atoms. The van der Waals surface area contributed by atoms with Crippen LogP contribution in [0.1, 0.15) is 36.2 Å². The third kappa shape index (κ3) is 5.17. The van der Waals surface area contributed by atoms with E-state index in [-0.39, 0.29) is 17.9 Å². The van der Waals surface area contributed by atoms with Gasteiger partial charge in [-0.3, -0.25) is 15.0 Å². The second-order valence-electron chi connectivity index (χ2n) is 6.75. The number of amides is 1. The molecule has 0 aliphatic rings. The quantitative estimate of drug-likeness (QED) is 0.565. The summed E-state index contributed by atoms with van der Waals surface area (Å²) in [6.07, 6.45) is 1.45. The highest BCUT2D eigenvalue weighted by atomic mass is 16.5. The van der Waals surface area contributed by atoms with E-state index < -0.39 is 5.41 Å². The molecule has 0 spiro atoms. The van der Waals surface area contributed by atoms with E-state index in [1.54, 1.807) is 24.3 Å². The van der Waals surface area contributed by atoms with E-state index in [2.05, 4.69) is 10.9 Å². The molecule has 1 amide bonds. The van der Waals surface area contributed by atoms with Crippen LogP contribution in [-0.4, -0.2) is 25.0 Å². The van der Waals surface area contributed by atoms with Crippen LogP contribution in [0.3, 0.4) is 0 Å². The van der Waals surface area contributed by atoms with Gasteiger partial charge in [0.1, 0.15) is 0 Å². The van der Waals surface area contributed by atoms with Crippen LogP contribution in [0.2, 0.25) is 0 Å². The highest BCUT2D eigenvalue weighted by Crippen LogP contribution is 2.25. The van der Waals surface area contributed by atoms with E-state index in [4.69, 9.17) is 4.74 Å². The summed E-state index contributed by atoms with van der Waals surface area (Å²) in [4.78, 5) is 24.5. The molecule has 1 unspecified atom stereocenters. The predicted octanol–water partition coefficient (Wildman–Crippen LogP) is 3.12. The Labute approximate surface area is 154 Å². The maximum Gasteiger partial charge on any atom is 0.312 e. The number of benzene rings is 2. The van der Waals surface area contributed by atoms with Crippen LogP contribution >= 0.6 is 0 Å². The minimum absolute atomic E-state index is 0.240. The first-order valence-corrected chi connectivity index (χ1v) is 8.68. The van der Waals surface area contributed by atoms with E-state index >= 15 is 0 Å². The van der Waals surface area contributed by atoms with E-state index in [0.717, 1.165) is 6.42 Å². The van der Waals surface area contributed by atoms with Crippen LogP contribution in [0.5, 0.6) is 0 Å². The van der Waals surface area contributed by atoms with Crippen molar-refractivity contribution in [3.63, 3.8) is 0 Å². The minimum atomic E-state index is -0.798. The SMILES string of the molecule is COC(=O)C(C)(C)C(CCc1ccccc1)NNC(=O)c1ccccc1. The first kappa shape index (κ1) is 19.7. The molecule has 5 nitrogen and oxygen atoms in total. The van der Waals surface area contributed by atoms with Crippen molar-refractivity contribution in [1.29, 1.82) is 0 Å². The summed E-state index contributed by atoms with van der Waals surface area (Å²) in [5, 5.41) is 0. The number of nitrogens with one attached hydrogen (secondary N) is 2. The fourth-order valence-corrected chi connectivity index (χ4v) is 2.79. The average Bonchev–Trinajstić information content (AvgIpc) is 2.68. The molecule has 26 heavy (non-hydrogen) atoms. The van der Waals surface area contributed by atoms with Crippen molar-refractivity contribution < 1.29 is 14.3 Å². The Morgan fingerprint density at radius 2 is 1.58 bits per heavy atom. The summed E-state index contributed by atoms with van der Waals surface area (Å²) < 4.78 is 4.95. The first-order valence-electron chi connectivity index (χ1n) is 8.68. The molecule has 0 aliphatic heterocycles. The third-order valence-corrected chi connectivity index (χ3v) is 4.54. The number of esters is 1. The van der Waals surface area contributed by atoms with Gasteiger partial charge in [0.05, 0.1) is 12.5 Å². The zero-order valence-electron chi connectivity index (χ0n) is 15.5. The highest BCUT2D eigenvalue weighted by Gasteiger charge is 2.38. The molecular weight excluding hydrogens is 328 g/mol. The molecule has 0 radical (unpaired) electrons. The normalized spacial score (nSPS) is 12.3. The first-order chi connectivity index (χ1) is 12.4. The Morgan fingerprint density at radius 3 is 2.15 bits per heavy atom. The van der Waals surface area contributed by atoms with Crippen LogP contribution in [0.4, 0.5) is 0 Å². The summed E-state index contributed by atoms with van der Waals surface area (Å²) >= 11 is 0. The van der Waals surface area contributed by atoms with Gasteiger partial charge in [-0.25, -0.2) is 5.43 Å². The monoisotopic (exact) mass is 354 g/mol. The molecule has 1 atom stereocenters. The second-order valence-corrected chi connectivity index (χ2v) is 6.75. The van der Waals surface area contributed by atoms with Crippen molar-refractivity contribution in [3.05, 3.63) is 71.8 Å². The standard InChI is InChI=1S/C21H26N2O3/c1-21(2,20(25)26-3)18(15-14-16-10-6-4-7-11-16)22-23-19(24)17-12-8-5-9-13-17/h4-13,18,22H,14-15H2,1-3H3,(H,23,24). The third-order valence-electron chi connectivity index (χ3n) is 4.54. The summed E-state index contributed by atoms with van der Waals surface area (Å²) in [5.74, 6) is -0.562. The number of carbonyl (C=O) groups excluding carboxylic acids is 2. The van der Waals surface area contributed by atoms with Gasteiger partial charge in [0.25, 0.3) is 5.91 Å². The van der Waals surface area contributed by atoms with Gasteiger partial charge in [-0.05, 0) is 44.4 Å². The Kier molecular flexibility index (Phi) is 6.92. The Bertz CT molecular complexity index is 715. The molecule has 5 heteroatoms. The van der Waals surface area contributed by atoms with Gasteiger partial charge in [0, 0.05) is 11.6 Å². The van der Waals surface area contributed by atoms with Gasteiger partial charge in [0.2, 0.25) is 0 Å². The van der Waals surface area contributed by atoms with Crippen molar-refractivity contribution >= 4 is 11.9 Å². The van der Waals surface area contributed by atoms with Crippen molar-refractivity contribution in [2.24, 2.45) is 5.41 Å². The lowest BCUT2D eigenvalue weighted by Crippen LogP contribution is -2.54. The summed E-state index contributed by atoms with van der Waals surface area (Å²) in [6, 6.07) is 18.7. The van der Waals surface area contributed by atoms with Crippen LogP contribution in [0.15, 0.2) is 60.7 Å². The number of hydrazine groups is 1. The van der Waals surface area contributed by atoms with E-state index in [1.165, 1.54) is 12.7 Å². The number of hydrogen-bond acceptors (Lipinski definition) is 4. The Balaban J connectivity index is 2.07. The van der Waals surface area contributed by atoms with E-state index in [1.807, 2.05) is 50.2 Å². The van der Waals surface area contributed by atoms with Gasteiger partial charge in [0.15, 0.2) is 0 Å². The number of hydrogen-bond donors (Lipinski definition) is 2. The Hall–Kier alpha value is -2.66. The van der Waals surface area contributed by atoms with E-state index in [0.29, 0.717) is 12.0 Å². The number of carbonyl (C=O) groups is 2. The summed E-state index contributed by atoms with van der Waals surface area (Å²) in [5.41, 5.74) is 6.70. The predicted molar refractivity (Wildman–Crippen MR) is 101 cm³/mol. The minimum Gasteiger partial charge on any atom is -0.469 e. The van der Waals surface area contributed by atoms with Crippen molar-refractivity contribution in [1.82, 2.24) is 10.9 Å². The van der Waals surface area contributed by atoms with Gasteiger partial charge >= 0.3 is 5.97 Å². The smallest absolute Gasteiger partial charge is 0.312 e. The summed E-state index contributed by atoms with van der Waals surface area (Å²) in [7, 11) is 1.38. The molecule has 0 aliphatic carbocycles.